The van der Waals surface area contributed by atoms with Crippen LogP contribution in [0.25, 0.3) is 0 Å². The number of dihydropyridines is 1. The van der Waals surface area contributed by atoms with Crippen molar-refractivity contribution < 1.29 is 4.79 Å². The van der Waals surface area contributed by atoms with Crippen LogP contribution in [0.4, 0.5) is 0 Å². The first kappa shape index (κ1) is 11.2. The highest BCUT2D eigenvalue weighted by molar-refractivity contribution is 6.08. The third-order valence-corrected chi connectivity index (χ3v) is 3.35. The summed E-state index contributed by atoms with van der Waals surface area (Å²) in [6.07, 6.45) is 2.85. The molecule has 2 unspecified atom stereocenters. The molecule has 18 heavy (non-hydrogen) atoms. The second-order valence-corrected chi connectivity index (χ2v) is 4.70. The molecule has 3 N–H and O–H groups in total. The zero-order valence-corrected chi connectivity index (χ0v) is 9.97. The van der Waals surface area contributed by atoms with Gasteiger partial charge in [-0.3, -0.25) is 9.79 Å². The second-order valence-electron chi connectivity index (χ2n) is 4.70. The van der Waals surface area contributed by atoms with Crippen LogP contribution in [0, 0.1) is 0 Å². The van der Waals surface area contributed by atoms with Gasteiger partial charge in [0, 0.05) is 24.6 Å². The van der Waals surface area contributed by atoms with Crippen LogP contribution in [0.15, 0.2) is 46.6 Å². The minimum Gasteiger partial charge on any atom is -0.368 e. The standard InChI is InChI=1S/C14H15N3O/c15-13-7-10-12(17-13)8-16-11(14(10)18)6-9-4-2-1-3-5-9/h1-5,8,11,13,17H,6-7,15H2. The fraction of sp³-hybridized carbons (Fsp3) is 0.286. The molecule has 0 amide bonds. The molecule has 2 aliphatic heterocycles. The number of aliphatic imine (C=N–C) groups is 1. The molecule has 0 aromatic heterocycles. The van der Waals surface area contributed by atoms with Crippen molar-refractivity contribution in [2.45, 2.75) is 25.0 Å². The molecule has 2 aliphatic rings. The summed E-state index contributed by atoms with van der Waals surface area (Å²) in [5.74, 6) is 0.108. The minimum atomic E-state index is -0.293. The topological polar surface area (TPSA) is 67.5 Å². The Labute approximate surface area is 106 Å². The Hall–Kier alpha value is -1.94. The van der Waals surface area contributed by atoms with E-state index in [0.717, 1.165) is 16.8 Å². The molecule has 0 aliphatic carbocycles. The lowest BCUT2D eigenvalue weighted by atomic mass is 9.94. The molecule has 0 saturated heterocycles. The maximum atomic E-state index is 12.3. The SMILES string of the molecule is NC1CC2=C(C=NC(Cc3ccccc3)C2=O)N1. The molecule has 92 valence electrons. The quantitative estimate of drug-likeness (QED) is 0.804. The van der Waals surface area contributed by atoms with Crippen LogP contribution in [0.3, 0.4) is 0 Å². The van der Waals surface area contributed by atoms with Crippen molar-refractivity contribution in [1.29, 1.82) is 0 Å². The van der Waals surface area contributed by atoms with Gasteiger partial charge in [-0.05, 0) is 5.56 Å². The van der Waals surface area contributed by atoms with E-state index in [1.807, 2.05) is 30.3 Å². The van der Waals surface area contributed by atoms with Crippen LogP contribution in [0.1, 0.15) is 12.0 Å². The smallest absolute Gasteiger partial charge is 0.185 e. The van der Waals surface area contributed by atoms with Crippen LogP contribution in [-0.4, -0.2) is 24.2 Å². The Morgan fingerprint density at radius 2 is 2.11 bits per heavy atom. The van der Waals surface area contributed by atoms with Gasteiger partial charge in [0.15, 0.2) is 5.78 Å². The van der Waals surface area contributed by atoms with Crippen molar-refractivity contribution in [3.8, 4) is 0 Å². The number of nitrogens with two attached hydrogens (primary N) is 1. The number of hydrogen-bond donors (Lipinski definition) is 2. The number of benzene rings is 1. The van der Waals surface area contributed by atoms with Crippen molar-refractivity contribution in [3.05, 3.63) is 47.2 Å². The van der Waals surface area contributed by atoms with Crippen LogP contribution in [0.5, 0.6) is 0 Å². The normalized spacial score (nSPS) is 26.2. The molecule has 2 heterocycles. The van der Waals surface area contributed by atoms with Crippen molar-refractivity contribution >= 4 is 12.0 Å². The predicted molar refractivity (Wildman–Crippen MR) is 70.2 cm³/mol. The highest BCUT2D eigenvalue weighted by Gasteiger charge is 2.32. The number of carbonyl (C=O) groups excluding carboxylic acids is 1. The predicted octanol–water partition coefficient (Wildman–Crippen LogP) is 0.783. The molecule has 3 rings (SSSR count). The van der Waals surface area contributed by atoms with Crippen LogP contribution in [0.2, 0.25) is 0 Å². The number of ketones is 1. The fourth-order valence-corrected chi connectivity index (χ4v) is 2.43. The molecule has 4 nitrogen and oxygen atoms in total. The monoisotopic (exact) mass is 241 g/mol. The Morgan fingerprint density at radius 1 is 1.33 bits per heavy atom. The molecule has 1 aromatic rings. The minimum absolute atomic E-state index is 0.108. The molecule has 4 heteroatoms. The Morgan fingerprint density at radius 3 is 2.89 bits per heavy atom. The maximum Gasteiger partial charge on any atom is 0.185 e. The lowest BCUT2D eigenvalue weighted by molar-refractivity contribution is -0.116. The molecule has 0 saturated carbocycles. The molecular formula is C14H15N3O. The lowest BCUT2D eigenvalue weighted by Gasteiger charge is -2.16. The number of carbonyl (C=O) groups is 1. The maximum absolute atomic E-state index is 12.3. The van der Waals surface area contributed by atoms with E-state index >= 15 is 0 Å². The van der Waals surface area contributed by atoms with Crippen LogP contribution in [-0.2, 0) is 11.2 Å². The van der Waals surface area contributed by atoms with Crippen molar-refractivity contribution in [3.63, 3.8) is 0 Å². The summed E-state index contributed by atoms with van der Waals surface area (Å²) in [6.45, 7) is 0. The number of allylic oxidation sites excluding steroid dienone is 1. The summed E-state index contributed by atoms with van der Waals surface area (Å²) in [5, 5.41) is 3.06. The number of nitrogens with one attached hydrogen (secondary N) is 1. The van der Waals surface area contributed by atoms with E-state index in [9.17, 15) is 4.79 Å². The molecule has 1 aromatic carbocycles. The third kappa shape index (κ3) is 1.95. The van der Waals surface area contributed by atoms with Gasteiger partial charge in [0.1, 0.15) is 6.04 Å². The van der Waals surface area contributed by atoms with E-state index in [4.69, 9.17) is 5.73 Å². The van der Waals surface area contributed by atoms with Crippen molar-refractivity contribution in [2.24, 2.45) is 10.7 Å². The van der Waals surface area contributed by atoms with Gasteiger partial charge in [-0.25, -0.2) is 0 Å². The van der Waals surface area contributed by atoms with Gasteiger partial charge in [0.25, 0.3) is 0 Å². The average molecular weight is 241 g/mol. The van der Waals surface area contributed by atoms with Gasteiger partial charge in [0.2, 0.25) is 0 Å². The summed E-state index contributed by atoms with van der Waals surface area (Å²) >= 11 is 0. The summed E-state index contributed by atoms with van der Waals surface area (Å²) in [7, 11) is 0. The molecule has 0 bridgehead atoms. The third-order valence-electron chi connectivity index (χ3n) is 3.35. The van der Waals surface area contributed by atoms with Gasteiger partial charge in [-0.1, -0.05) is 30.3 Å². The summed E-state index contributed by atoms with van der Waals surface area (Å²) in [6, 6.07) is 9.67. The second kappa shape index (κ2) is 4.38. The van der Waals surface area contributed by atoms with Crippen LogP contribution < -0.4 is 11.1 Å². The summed E-state index contributed by atoms with van der Waals surface area (Å²) in [4.78, 5) is 16.6. The number of rotatable bonds is 2. The first-order valence-corrected chi connectivity index (χ1v) is 6.10. The highest BCUT2D eigenvalue weighted by atomic mass is 16.1. The van der Waals surface area contributed by atoms with E-state index in [2.05, 4.69) is 10.3 Å². The van der Waals surface area contributed by atoms with Crippen LogP contribution >= 0.6 is 0 Å². The summed E-state index contributed by atoms with van der Waals surface area (Å²) < 4.78 is 0. The Balaban J connectivity index is 1.78. The molecule has 0 fully saturated rings. The average Bonchev–Trinajstić information content (AvgIpc) is 2.76. The van der Waals surface area contributed by atoms with Crippen molar-refractivity contribution in [2.75, 3.05) is 0 Å². The van der Waals surface area contributed by atoms with E-state index in [0.29, 0.717) is 12.8 Å². The first-order chi connectivity index (χ1) is 8.74. The zero-order chi connectivity index (χ0) is 12.5. The van der Waals surface area contributed by atoms with E-state index in [-0.39, 0.29) is 18.0 Å². The number of Topliss-reactive ketones (excluding diaryl/α,β-unsaturated/α-hetero) is 1. The zero-order valence-electron chi connectivity index (χ0n) is 9.97. The van der Waals surface area contributed by atoms with Gasteiger partial charge >= 0.3 is 0 Å². The molecule has 2 atom stereocenters. The number of hydrogen-bond acceptors (Lipinski definition) is 4. The van der Waals surface area contributed by atoms with Crippen molar-refractivity contribution in [1.82, 2.24) is 5.32 Å². The lowest BCUT2D eigenvalue weighted by Crippen LogP contribution is -2.31. The molecule has 0 spiro atoms. The fourth-order valence-electron chi connectivity index (χ4n) is 2.43. The highest BCUT2D eigenvalue weighted by Crippen LogP contribution is 2.23. The molecular weight excluding hydrogens is 226 g/mol. The van der Waals surface area contributed by atoms with Gasteiger partial charge in [0.05, 0.1) is 11.9 Å². The van der Waals surface area contributed by atoms with E-state index < -0.39 is 0 Å². The molecule has 0 radical (unpaired) electrons. The van der Waals surface area contributed by atoms with Gasteiger partial charge < -0.3 is 11.1 Å². The van der Waals surface area contributed by atoms with E-state index in [1.54, 1.807) is 6.21 Å². The summed E-state index contributed by atoms with van der Waals surface area (Å²) in [5.41, 5.74) is 8.53. The van der Waals surface area contributed by atoms with Gasteiger partial charge in [-0.15, -0.1) is 0 Å². The van der Waals surface area contributed by atoms with E-state index in [1.165, 1.54) is 0 Å². The first-order valence-electron chi connectivity index (χ1n) is 6.10. The Bertz CT molecular complexity index is 533. The number of nitrogens with zero attached hydrogens (tertiary/aromatic N) is 1. The largest absolute Gasteiger partial charge is 0.368 e. The Kier molecular flexibility index (Phi) is 2.72. The van der Waals surface area contributed by atoms with Gasteiger partial charge in [-0.2, -0.15) is 0 Å².